The summed E-state index contributed by atoms with van der Waals surface area (Å²) in [6.45, 7) is 1.29. The number of hydrogen-bond donors (Lipinski definition) is 1. The predicted molar refractivity (Wildman–Crippen MR) is 97.6 cm³/mol. The van der Waals surface area contributed by atoms with Crippen molar-refractivity contribution < 1.29 is 9.53 Å². The van der Waals surface area contributed by atoms with Crippen molar-refractivity contribution in [3.8, 4) is 6.01 Å². The Morgan fingerprint density at radius 1 is 1.28 bits per heavy atom. The lowest BCUT2D eigenvalue weighted by molar-refractivity contribution is 0.0516. The summed E-state index contributed by atoms with van der Waals surface area (Å²) < 4.78 is 6.65. The summed E-state index contributed by atoms with van der Waals surface area (Å²) in [5, 5.41) is 1.04. The molecule has 1 N–H and O–H groups in total. The molecule has 3 heterocycles. The lowest BCUT2D eigenvalue weighted by Crippen LogP contribution is -2.44. The maximum Gasteiger partial charge on any atom is 0.316 e. The number of likely N-dealkylation sites (tertiary alicyclic amines) is 1. The molecule has 1 atom stereocenters. The van der Waals surface area contributed by atoms with Gasteiger partial charge in [-0.1, -0.05) is 0 Å². The average molecular weight is 401 g/mol. The second-order valence-electron chi connectivity index (χ2n) is 6.10. The Hall–Kier alpha value is -2.41. The van der Waals surface area contributed by atoms with Crippen molar-refractivity contribution in [2.24, 2.45) is 0 Å². The van der Waals surface area contributed by atoms with Gasteiger partial charge < -0.3 is 14.6 Å². The quantitative estimate of drug-likeness (QED) is 0.730. The molecule has 128 valence electrons. The van der Waals surface area contributed by atoms with E-state index in [0.717, 1.165) is 34.8 Å². The summed E-state index contributed by atoms with van der Waals surface area (Å²) in [6, 6.07) is 8.05. The Labute approximate surface area is 153 Å². The molecule has 0 spiro atoms. The predicted octanol–water partition coefficient (Wildman–Crippen LogP) is 3.40. The van der Waals surface area contributed by atoms with Gasteiger partial charge in [-0.05, 0) is 53.0 Å². The molecule has 0 bridgehead atoms. The van der Waals surface area contributed by atoms with Crippen LogP contribution >= 0.6 is 15.9 Å². The molecule has 4 rings (SSSR count). The number of hydrogen-bond acceptors (Lipinski definition) is 4. The van der Waals surface area contributed by atoms with Crippen LogP contribution in [0.15, 0.2) is 47.3 Å². The van der Waals surface area contributed by atoms with Gasteiger partial charge in [0, 0.05) is 41.6 Å². The van der Waals surface area contributed by atoms with Crippen molar-refractivity contribution in [3.05, 3.63) is 52.9 Å². The second kappa shape index (κ2) is 6.84. The Balaban J connectivity index is 1.46. The van der Waals surface area contributed by atoms with E-state index in [1.165, 1.54) is 0 Å². The first kappa shape index (κ1) is 16.1. The molecule has 0 aliphatic carbocycles. The van der Waals surface area contributed by atoms with Crippen LogP contribution in [0.25, 0.3) is 10.9 Å². The van der Waals surface area contributed by atoms with E-state index in [1.54, 1.807) is 12.4 Å². The van der Waals surface area contributed by atoms with E-state index in [-0.39, 0.29) is 12.0 Å². The third kappa shape index (κ3) is 3.51. The average Bonchev–Trinajstić information content (AvgIpc) is 3.11. The maximum absolute atomic E-state index is 12.8. The van der Waals surface area contributed by atoms with Gasteiger partial charge in [0.1, 0.15) is 6.10 Å². The number of amides is 1. The van der Waals surface area contributed by atoms with Crippen molar-refractivity contribution in [1.29, 1.82) is 0 Å². The lowest BCUT2D eigenvalue weighted by Gasteiger charge is -2.32. The van der Waals surface area contributed by atoms with Crippen molar-refractivity contribution >= 4 is 32.7 Å². The van der Waals surface area contributed by atoms with E-state index in [4.69, 9.17) is 4.74 Å². The van der Waals surface area contributed by atoms with Gasteiger partial charge in [-0.25, -0.2) is 9.97 Å². The molecule has 0 saturated carbocycles. The van der Waals surface area contributed by atoms with Crippen LogP contribution in [0.5, 0.6) is 6.01 Å². The summed E-state index contributed by atoms with van der Waals surface area (Å²) >= 11 is 3.30. The molecule has 7 heteroatoms. The molecule has 1 aromatic carbocycles. The molecule has 1 aliphatic heterocycles. The largest absolute Gasteiger partial charge is 0.458 e. The minimum atomic E-state index is -0.0881. The number of halogens is 1. The standard InChI is InChI=1S/C18H17BrN4O2/c19-14-9-21-18(22-10-14)25-15-2-1-7-23(11-15)17(24)13-3-4-16-12(8-13)5-6-20-16/h3-6,8-10,15,20H,1-2,7,11H2. The van der Waals surface area contributed by atoms with Crippen molar-refractivity contribution in [2.45, 2.75) is 18.9 Å². The number of nitrogens with one attached hydrogen (secondary N) is 1. The van der Waals surface area contributed by atoms with Crippen LogP contribution < -0.4 is 4.74 Å². The number of H-pyrrole nitrogens is 1. The molecule has 6 nitrogen and oxygen atoms in total. The summed E-state index contributed by atoms with van der Waals surface area (Å²) in [5.41, 5.74) is 1.73. The molecule has 3 aromatic rings. The summed E-state index contributed by atoms with van der Waals surface area (Å²) in [4.78, 5) is 26.1. The Kier molecular flexibility index (Phi) is 4.40. The number of nitrogens with zero attached hydrogens (tertiary/aromatic N) is 3. The van der Waals surface area contributed by atoms with Gasteiger partial charge >= 0.3 is 6.01 Å². The molecular formula is C18H17BrN4O2. The van der Waals surface area contributed by atoms with Crippen LogP contribution in [-0.4, -0.2) is 45.0 Å². The Morgan fingerprint density at radius 3 is 2.96 bits per heavy atom. The zero-order chi connectivity index (χ0) is 17.2. The fourth-order valence-corrected chi connectivity index (χ4v) is 3.30. The third-order valence-corrected chi connectivity index (χ3v) is 4.74. The number of piperidine rings is 1. The van der Waals surface area contributed by atoms with Crippen LogP contribution in [-0.2, 0) is 0 Å². The van der Waals surface area contributed by atoms with Gasteiger partial charge in [0.15, 0.2) is 0 Å². The van der Waals surface area contributed by atoms with Crippen LogP contribution in [0, 0.1) is 0 Å². The van der Waals surface area contributed by atoms with E-state index in [9.17, 15) is 4.79 Å². The number of aromatic amines is 1. The number of aromatic nitrogens is 3. The van der Waals surface area contributed by atoms with E-state index < -0.39 is 0 Å². The highest BCUT2D eigenvalue weighted by Crippen LogP contribution is 2.20. The number of fused-ring (bicyclic) bond motifs is 1. The van der Waals surface area contributed by atoms with Gasteiger partial charge in [-0.15, -0.1) is 0 Å². The molecular weight excluding hydrogens is 384 g/mol. The number of benzene rings is 1. The van der Waals surface area contributed by atoms with Crippen molar-refractivity contribution in [1.82, 2.24) is 19.9 Å². The van der Waals surface area contributed by atoms with E-state index in [2.05, 4.69) is 30.9 Å². The maximum atomic E-state index is 12.8. The zero-order valence-corrected chi connectivity index (χ0v) is 15.1. The van der Waals surface area contributed by atoms with Crippen LogP contribution in [0.2, 0.25) is 0 Å². The van der Waals surface area contributed by atoms with E-state index in [1.807, 2.05) is 35.4 Å². The third-order valence-electron chi connectivity index (χ3n) is 4.33. The first-order valence-corrected chi connectivity index (χ1v) is 8.99. The molecule has 1 unspecified atom stereocenters. The highest BCUT2D eigenvalue weighted by molar-refractivity contribution is 9.10. The number of rotatable bonds is 3. The van der Waals surface area contributed by atoms with Gasteiger partial charge in [0.2, 0.25) is 0 Å². The summed E-state index contributed by atoms with van der Waals surface area (Å²) in [7, 11) is 0. The Bertz CT molecular complexity index is 893. The van der Waals surface area contributed by atoms with Gasteiger partial charge in [-0.2, -0.15) is 0 Å². The summed E-state index contributed by atoms with van der Waals surface area (Å²) in [5.74, 6) is 0.0353. The topological polar surface area (TPSA) is 71.1 Å². The number of carbonyl (C=O) groups is 1. The van der Waals surface area contributed by atoms with E-state index >= 15 is 0 Å². The molecule has 1 aliphatic rings. The lowest BCUT2D eigenvalue weighted by atomic mass is 10.1. The first-order valence-electron chi connectivity index (χ1n) is 8.20. The van der Waals surface area contributed by atoms with E-state index in [0.29, 0.717) is 18.1 Å². The van der Waals surface area contributed by atoms with Gasteiger partial charge in [-0.3, -0.25) is 4.79 Å². The molecule has 2 aromatic heterocycles. The van der Waals surface area contributed by atoms with Crippen molar-refractivity contribution in [2.75, 3.05) is 13.1 Å². The van der Waals surface area contributed by atoms with Crippen molar-refractivity contribution in [3.63, 3.8) is 0 Å². The number of carbonyl (C=O) groups excluding carboxylic acids is 1. The highest BCUT2D eigenvalue weighted by Gasteiger charge is 2.26. The van der Waals surface area contributed by atoms with Crippen LogP contribution in [0.4, 0.5) is 0 Å². The fourth-order valence-electron chi connectivity index (χ4n) is 3.10. The minimum Gasteiger partial charge on any atom is -0.458 e. The zero-order valence-electron chi connectivity index (χ0n) is 13.5. The molecule has 1 fully saturated rings. The van der Waals surface area contributed by atoms with Gasteiger partial charge in [0.25, 0.3) is 5.91 Å². The SMILES string of the molecule is O=C(c1ccc2[nH]ccc2c1)N1CCCC(Oc2ncc(Br)cn2)C1. The normalized spacial score (nSPS) is 17.6. The highest BCUT2D eigenvalue weighted by atomic mass is 79.9. The fraction of sp³-hybridized carbons (Fsp3) is 0.278. The molecule has 1 amide bonds. The monoisotopic (exact) mass is 400 g/mol. The Morgan fingerprint density at radius 2 is 2.12 bits per heavy atom. The first-order chi connectivity index (χ1) is 12.2. The van der Waals surface area contributed by atoms with Crippen LogP contribution in [0.3, 0.4) is 0 Å². The molecule has 1 saturated heterocycles. The summed E-state index contributed by atoms with van der Waals surface area (Å²) in [6.07, 6.45) is 6.89. The van der Waals surface area contributed by atoms with Crippen LogP contribution in [0.1, 0.15) is 23.2 Å². The molecule has 0 radical (unpaired) electrons. The smallest absolute Gasteiger partial charge is 0.316 e. The molecule has 25 heavy (non-hydrogen) atoms. The second-order valence-corrected chi connectivity index (χ2v) is 7.01. The number of ether oxygens (including phenoxy) is 1. The van der Waals surface area contributed by atoms with Gasteiger partial charge in [0.05, 0.1) is 11.0 Å². The minimum absolute atomic E-state index is 0.0353.